The van der Waals surface area contributed by atoms with Crippen LogP contribution in [-0.2, 0) is 14.3 Å². The van der Waals surface area contributed by atoms with Gasteiger partial charge in [-0.25, -0.2) is 4.79 Å². The van der Waals surface area contributed by atoms with Gasteiger partial charge in [-0.3, -0.25) is 0 Å². The number of hydrogen-bond donors (Lipinski definition) is 1. The van der Waals surface area contributed by atoms with E-state index in [9.17, 15) is 4.79 Å². The third-order valence-electron chi connectivity index (χ3n) is 1.71. The van der Waals surface area contributed by atoms with Crippen LogP contribution in [0, 0.1) is 0 Å². The minimum atomic E-state index is -0.423. The first-order chi connectivity index (χ1) is 5.74. The molecule has 1 aliphatic heterocycles. The Balaban J connectivity index is 2.35. The average molecular weight is 173 g/mol. The minimum absolute atomic E-state index is 0.0909. The van der Waals surface area contributed by atoms with Gasteiger partial charge >= 0.3 is 5.97 Å². The second-order valence-electron chi connectivity index (χ2n) is 2.85. The standard InChI is InChI=1S/C8H15NO3/c1-3-11-8(10)7-5-9-4-6(2)12-7/h6-7,9H,3-5H2,1-2H3. The summed E-state index contributed by atoms with van der Waals surface area (Å²) in [5.74, 6) is -0.267. The number of hydrogen-bond acceptors (Lipinski definition) is 4. The zero-order valence-electron chi connectivity index (χ0n) is 7.50. The normalized spacial score (nSPS) is 29.8. The van der Waals surface area contributed by atoms with Gasteiger partial charge in [0.1, 0.15) is 0 Å². The van der Waals surface area contributed by atoms with Gasteiger partial charge in [0.25, 0.3) is 0 Å². The second-order valence-corrected chi connectivity index (χ2v) is 2.85. The van der Waals surface area contributed by atoms with Crippen molar-refractivity contribution in [3.63, 3.8) is 0 Å². The molecule has 0 aromatic heterocycles. The molecule has 0 bridgehead atoms. The van der Waals surface area contributed by atoms with Gasteiger partial charge < -0.3 is 14.8 Å². The van der Waals surface area contributed by atoms with Crippen molar-refractivity contribution in [1.29, 1.82) is 0 Å². The summed E-state index contributed by atoms with van der Waals surface area (Å²) in [5, 5.41) is 3.10. The fourth-order valence-electron chi connectivity index (χ4n) is 1.17. The van der Waals surface area contributed by atoms with Crippen molar-refractivity contribution in [3.8, 4) is 0 Å². The molecule has 0 amide bonds. The summed E-state index contributed by atoms with van der Waals surface area (Å²) >= 11 is 0. The maximum atomic E-state index is 11.2. The van der Waals surface area contributed by atoms with Gasteiger partial charge in [0.2, 0.25) is 0 Å². The number of ether oxygens (including phenoxy) is 2. The van der Waals surface area contributed by atoms with Crippen molar-refractivity contribution in [3.05, 3.63) is 0 Å². The van der Waals surface area contributed by atoms with Gasteiger partial charge in [-0.2, -0.15) is 0 Å². The second kappa shape index (κ2) is 4.42. The molecule has 4 nitrogen and oxygen atoms in total. The molecular formula is C8H15NO3. The van der Waals surface area contributed by atoms with Crippen molar-refractivity contribution in [1.82, 2.24) is 5.32 Å². The van der Waals surface area contributed by atoms with E-state index in [1.54, 1.807) is 6.92 Å². The Kier molecular flexibility index (Phi) is 3.49. The third-order valence-corrected chi connectivity index (χ3v) is 1.71. The molecule has 1 heterocycles. The lowest BCUT2D eigenvalue weighted by atomic mass is 10.2. The molecule has 0 aliphatic carbocycles. The zero-order valence-corrected chi connectivity index (χ0v) is 7.50. The SMILES string of the molecule is CCOC(=O)C1CNCC(C)O1. The topological polar surface area (TPSA) is 47.6 Å². The van der Waals surface area contributed by atoms with Gasteiger partial charge in [0.15, 0.2) is 6.10 Å². The molecule has 2 atom stereocenters. The molecule has 0 radical (unpaired) electrons. The first-order valence-electron chi connectivity index (χ1n) is 4.27. The highest BCUT2D eigenvalue weighted by molar-refractivity contribution is 5.75. The maximum Gasteiger partial charge on any atom is 0.336 e. The molecule has 1 fully saturated rings. The third kappa shape index (κ3) is 2.46. The summed E-state index contributed by atoms with van der Waals surface area (Å²) in [6.45, 7) is 5.49. The van der Waals surface area contributed by atoms with Crippen LogP contribution in [0.25, 0.3) is 0 Å². The van der Waals surface area contributed by atoms with Gasteiger partial charge in [-0.05, 0) is 13.8 Å². The Morgan fingerprint density at radius 1 is 1.67 bits per heavy atom. The highest BCUT2D eigenvalue weighted by atomic mass is 16.6. The van der Waals surface area contributed by atoms with E-state index in [1.165, 1.54) is 0 Å². The van der Waals surface area contributed by atoms with Crippen LogP contribution in [-0.4, -0.2) is 37.9 Å². The summed E-state index contributed by atoms with van der Waals surface area (Å²) in [6.07, 6.45) is -0.332. The largest absolute Gasteiger partial charge is 0.464 e. The van der Waals surface area contributed by atoms with Crippen LogP contribution < -0.4 is 5.32 Å². The van der Waals surface area contributed by atoms with Crippen molar-refractivity contribution >= 4 is 5.97 Å². The molecule has 0 saturated carbocycles. The van der Waals surface area contributed by atoms with E-state index in [1.807, 2.05) is 6.92 Å². The van der Waals surface area contributed by atoms with Crippen molar-refractivity contribution in [2.24, 2.45) is 0 Å². The van der Waals surface area contributed by atoms with E-state index in [0.717, 1.165) is 6.54 Å². The lowest BCUT2D eigenvalue weighted by molar-refractivity contribution is -0.162. The molecule has 1 rings (SSSR count). The molecule has 1 aliphatic rings. The van der Waals surface area contributed by atoms with E-state index >= 15 is 0 Å². The molecule has 0 spiro atoms. The van der Waals surface area contributed by atoms with Crippen LogP contribution in [0.1, 0.15) is 13.8 Å². The number of morpholine rings is 1. The molecule has 12 heavy (non-hydrogen) atoms. The molecule has 1 N–H and O–H groups in total. The highest BCUT2D eigenvalue weighted by Gasteiger charge is 2.26. The van der Waals surface area contributed by atoms with Crippen molar-refractivity contribution in [2.45, 2.75) is 26.1 Å². The van der Waals surface area contributed by atoms with Crippen LogP contribution in [0.2, 0.25) is 0 Å². The summed E-state index contributed by atoms with van der Waals surface area (Å²) in [6, 6.07) is 0. The molecular weight excluding hydrogens is 158 g/mol. The first kappa shape index (κ1) is 9.48. The zero-order chi connectivity index (χ0) is 8.97. The molecule has 4 heteroatoms. The summed E-state index contributed by atoms with van der Waals surface area (Å²) in [7, 11) is 0. The number of nitrogens with one attached hydrogen (secondary N) is 1. The van der Waals surface area contributed by atoms with Crippen LogP contribution in [0.4, 0.5) is 0 Å². The van der Waals surface area contributed by atoms with Gasteiger partial charge in [0, 0.05) is 13.1 Å². The Bertz CT molecular complexity index is 160. The van der Waals surface area contributed by atoms with Crippen LogP contribution >= 0.6 is 0 Å². The van der Waals surface area contributed by atoms with Crippen molar-refractivity contribution in [2.75, 3.05) is 19.7 Å². The van der Waals surface area contributed by atoms with E-state index in [4.69, 9.17) is 9.47 Å². The lowest BCUT2D eigenvalue weighted by Gasteiger charge is -2.26. The highest BCUT2D eigenvalue weighted by Crippen LogP contribution is 2.04. The number of carbonyl (C=O) groups is 1. The molecule has 2 unspecified atom stereocenters. The number of esters is 1. The summed E-state index contributed by atoms with van der Waals surface area (Å²) in [4.78, 5) is 11.2. The van der Waals surface area contributed by atoms with Crippen molar-refractivity contribution < 1.29 is 14.3 Å². The van der Waals surface area contributed by atoms with E-state index < -0.39 is 6.10 Å². The van der Waals surface area contributed by atoms with Gasteiger partial charge in [0.05, 0.1) is 12.7 Å². The predicted molar refractivity (Wildman–Crippen MR) is 43.8 cm³/mol. The maximum absolute atomic E-state index is 11.2. The minimum Gasteiger partial charge on any atom is -0.464 e. The Morgan fingerprint density at radius 2 is 2.42 bits per heavy atom. The van der Waals surface area contributed by atoms with Gasteiger partial charge in [-0.15, -0.1) is 0 Å². The number of rotatable bonds is 2. The summed E-state index contributed by atoms with van der Waals surface area (Å²) in [5.41, 5.74) is 0. The molecule has 0 aromatic rings. The fourth-order valence-corrected chi connectivity index (χ4v) is 1.17. The van der Waals surface area contributed by atoms with Crippen LogP contribution in [0.5, 0.6) is 0 Å². The fraction of sp³-hybridized carbons (Fsp3) is 0.875. The number of carbonyl (C=O) groups excluding carboxylic acids is 1. The van der Waals surface area contributed by atoms with Crippen LogP contribution in [0.3, 0.4) is 0 Å². The van der Waals surface area contributed by atoms with E-state index in [0.29, 0.717) is 13.2 Å². The van der Waals surface area contributed by atoms with E-state index in [-0.39, 0.29) is 12.1 Å². The Hall–Kier alpha value is -0.610. The molecule has 0 aromatic carbocycles. The summed E-state index contributed by atoms with van der Waals surface area (Å²) < 4.78 is 10.2. The van der Waals surface area contributed by atoms with E-state index in [2.05, 4.69) is 5.32 Å². The average Bonchev–Trinajstić information content (AvgIpc) is 2.05. The van der Waals surface area contributed by atoms with Crippen LogP contribution in [0.15, 0.2) is 0 Å². The Labute approximate surface area is 72.2 Å². The molecule has 1 saturated heterocycles. The predicted octanol–water partition coefficient (Wildman–Crippen LogP) is -0.0736. The Morgan fingerprint density at radius 3 is 3.00 bits per heavy atom. The van der Waals surface area contributed by atoms with Gasteiger partial charge in [-0.1, -0.05) is 0 Å². The monoisotopic (exact) mass is 173 g/mol. The molecule has 70 valence electrons. The lowest BCUT2D eigenvalue weighted by Crippen LogP contribution is -2.47. The quantitative estimate of drug-likeness (QED) is 0.594. The first-order valence-corrected chi connectivity index (χ1v) is 4.27. The smallest absolute Gasteiger partial charge is 0.336 e.